The Morgan fingerprint density at radius 1 is 1.00 bits per heavy atom. The summed E-state index contributed by atoms with van der Waals surface area (Å²) in [7, 11) is 0. The zero-order valence-corrected chi connectivity index (χ0v) is 11.8. The van der Waals surface area contributed by atoms with Crippen LogP contribution in [0.5, 0.6) is 0 Å². The molecule has 2 heteroatoms. The number of aryl methyl sites for hydroxylation is 2. The summed E-state index contributed by atoms with van der Waals surface area (Å²) in [5, 5.41) is 1.11. The highest BCUT2D eigenvalue weighted by Crippen LogP contribution is 2.19. The van der Waals surface area contributed by atoms with E-state index < -0.39 is 0 Å². The number of rotatable bonds is 2. The first-order valence-corrected chi connectivity index (χ1v) is 6.91. The van der Waals surface area contributed by atoms with Crippen LogP contribution in [-0.2, 0) is 6.42 Å². The van der Waals surface area contributed by atoms with Gasteiger partial charge in [-0.15, -0.1) is 0 Å². The summed E-state index contributed by atoms with van der Waals surface area (Å²) in [5.41, 5.74) is 3.98. The van der Waals surface area contributed by atoms with Crippen LogP contribution in [0.15, 0.2) is 59.4 Å². The first-order chi connectivity index (χ1) is 9.70. The summed E-state index contributed by atoms with van der Waals surface area (Å²) in [6.45, 7) is 4.07. The lowest BCUT2D eigenvalue weighted by atomic mass is 10.1. The zero-order valence-electron chi connectivity index (χ0n) is 11.8. The molecule has 0 fully saturated rings. The highest BCUT2D eigenvalue weighted by Gasteiger charge is 2.09. The highest BCUT2D eigenvalue weighted by molar-refractivity contribution is 5.82. The van der Waals surface area contributed by atoms with Crippen molar-refractivity contribution in [3.63, 3.8) is 0 Å². The van der Waals surface area contributed by atoms with Gasteiger partial charge in [-0.05, 0) is 48.6 Å². The first kappa shape index (κ1) is 12.7. The van der Waals surface area contributed by atoms with Crippen LogP contribution < -0.4 is 5.56 Å². The molecule has 0 N–H and O–H groups in total. The van der Waals surface area contributed by atoms with Crippen molar-refractivity contribution in [1.29, 1.82) is 0 Å². The Kier molecular flexibility index (Phi) is 3.15. The minimum atomic E-state index is 0.0804. The van der Waals surface area contributed by atoms with E-state index in [2.05, 4.69) is 18.2 Å². The summed E-state index contributed by atoms with van der Waals surface area (Å²) < 4.78 is 1.82. The SMILES string of the molecule is CCc1cc2ccc(C)cc2n(-c2ccccc2)c1=O. The average molecular weight is 263 g/mol. The third kappa shape index (κ3) is 2.03. The molecule has 0 saturated heterocycles. The molecule has 0 aliphatic rings. The monoisotopic (exact) mass is 263 g/mol. The third-order valence-corrected chi connectivity index (χ3v) is 3.63. The van der Waals surface area contributed by atoms with Gasteiger partial charge in [0.15, 0.2) is 0 Å². The maximum absolute atomic E-state index is 12.7. The van der Waals surface area contributed by atoms with Crippen LogP contribution in [0.4, 0.5) is 0 Å². The van der Waals surface area contributed by atoms with Gasteiger partial charge in [0, 0.05) is 11.3 Å². The van der Waals surface area contributed by atoms with Gasteiger partial charge in [0.25, 0.3) is 5.56 Å². The smallest absolute Gasteiger partial charge is 0.258 e. The van der Waals surface area contributed by atoms with Crippen molar-refractivity contribution < 1.29 is 0 Å². The fourth-order valence-electron chi connectivity index (χ4n) is 2.56. The molecule has 1 heterocycles. The molecule has 0 aliphatic carbocycles. The number of hydrogen-bond donors (Lipinski definition) is 0. The lowest BCUT2D eigenvalue weighted by Crippen LogP contribution is -2.22. The molecule has 0 spiro atoms. The molecule has 0 saturated carbocycles. The Labute approximate surface area is 118 Å². The molecule has 3 rings (SSSR count). The second-order valence-electron chi connectivity index (χ2n) is 5.06. The van der Waals surface area contributed by atoms with Gasteiger partial charge in [0.2, 0.25) is 0 Å². The van der Waals surface area contributed by atoms with Gasteiger partial charge in [-0.2, -0.15) is 0 Å². The van der Waals surface area contributed by atoms with Crippen LogP contribution in [0, 0.1) is 6.92 Å². The Morgan fingerprint density at radius 2 is 1.75 bits per heavy atom. The topological polar surface area (TPSA) is 22.0 Å². The van der Waals surface area contributed by atoms with E-state index >= 15 is 0 Å². The second kappa shape index (κ2) is 4.97. The van der Waals surface area contributed by atoms with Crippen LogP contribution >= 0.6 is 0 Å². The molecule has 2 aromatic carbocycles. The van der Waals surface area contributed by atoms with Gasteiger partial charge in [-0.3, -0.25) is 9.36 Å². The summed E-state index contributed by atoms with van der Waals surface area (Å²) in [6.07, 6.45) is 0.746. The Morgan fingerprint density at radius 3 is 2.45 bits per heavy atom. The summed E-state index contributed by atoms with van der Waals surface area (Å²) in [4.78, 5) is 12.7. The van der Waals surface area contributed by atoms with Crippen molar-refractivity contribution in [2.24, 2.45) is 0 Å². The number of fused-ring (bicyclic) bond motifs is 1. The Balaban J connectivity index is 2.47. The molecule has 0 amide bonds. The molecule has 0 aliphatic heterocycles. The normalized spacial score (nSPS) is 10.9. The van der Waals surface area contributed by atoms with Crippen LogP contribution in [-0.4, -0.2) is 4.57 Å². The number of hydrogen-bond acceptors (Lipinski definition) is 1. The molecule has 100 valence electrons. The summed E-state index contributed by atoms with van der Waals surface area (Å²) in [5.74, 6) is 0. The van der Waals surface area contributed by atoms with E-state index in [0.717, 1.165) is 34.1 Å². The van der Waals surface area contributed by atoms with E-state index in [1.54, 1.807) is 0 Å². The quantitative estimate of drug-likeness (QED) is 0.688. The molecule has 2 nitrogen and oxygen atoms in total. The van der Waals surface area contributed by atoms with Crippen molar-refractivity contribution in [3.8, 4) is 5.69 Å². The zero-order chi connectivity index (χ0) is 14.1. The predicted octanol–water partition coefficient (Wildman–Crippen LogP) is 3.86. The van der Waals surface area contributed by atoms with Crippen molar-refractivity contribution in [1.82, 2.24) is 4.57 Å². The van der Waals surface area contributed by atoms with Gasteiger partial charge in [0.1, 0.15) is 0 Å². The molecule has 0 radical (unpaired) electrons. The van der Waals surface area contributed by atoms with Crippen molar-refractivity contribution in [2.75, 3.05) is 0 Å². The maximum atomic E-state index is 12.7. The second-order valence-corrected chi connectivity index (χ2v) is 5.06. The summed E-state index contributed by atoms with van der Waals surface area (Å²) >= 11 is 0. The highest BCUT2D eigenvalue weighted by atomic mass is 16.1. The molecule has 0 bridgehead atoms. The van der Waals surface area contributed by atoms with E-state index in [0.29, 0.717) is 0 Å². The largest absolute Gasteiger partial charge is 0.277 e. The minimum Gasteiger partial charge on any atom is -0.277 e. The molecule has 20 heavy (non-hydrogen) atoms. The fraction of sp³-hybridized carbons (Fsp3) is 0.167. The van der Waals surface area contributed by atoms with Gasteiger partial charge in [-0.25, -0.2) is 0 Å². The van der Waals surface area contributed by atoms with Gasteiger partial charge >= 0.3 is 0 Å². The van der Waals surface area contributed by atoms with Crippen LogP contribution in [0.25, 0.3) is 16.6 Å². The van der Waals surface area contributed by atoms with Crippen molar-refractivity contribution in [3.05, 3.63) is 76.1 Å². The van der Waals surface area contributed by atoms with E-state index in [-0.39, 0.29) is 5.56 Å². The molecule has 1 aromatic heterocycles. The maximum Gasteiger partial charge on any atom is 0.258 e. The van der Waals surface area contributed by atoms with E-state index in [1.165, 1.54) is 0 Å². The number of nitrogens with zero attached hydrogens (tertiary/aromatic N) is 1. The van der Waals surface area contributed by atoms with Crippen LogP contribution in [0.2, 0.25) is 0 Å². The van der Waals surface area contributed by atoms with E-state index in [9.17, 15) is 4.79 Å². The van der Waals surface area contributed by atoms with Crippen molar-refractivity contribution in [2.45, 2.75) is 20.3 Å². The summed E-state index contributed by atoms with van der Waals surface area (Å²) in [6, 6.07) is 18.1. The average Bonchev–Trinajstić information content (AvgIpc) is 2.47. The molecule has 0 unspecified atom stereocenters. The van der Waals surface area contributed by atoms with Gasteiger partial charge < -0.3 is 0 Å². The molecule has 0 atom stereocenters. The van der Waals surface area contributed by atoms with Gasteiger partial charge in [-0.1, -0.05) is 37.3 Å². The number of aromatic nitrogens is 1. The lowest BCUT2D eigenvalue weighted by Gasteiger charge is -2.13. The first-order valence-electron chi connectivity index (χ1n) is 6.91. The fourth-order valence-corrected chi connectivity index (χ4v) is 2.56. The standard InChI is InChI=1S/C18H17NO/c1-3-14-12-15-10-9-13(2)11-17(15)19(18(14)20)16-7-5-4-6-8-16/h4-12H,3H2,1-2H3. The number of pyridine rings is 1. The van der Waals surface area contributed by atoms with Crippen molar-refractivity contribution >= 4 is 10.9 Å². The predicted molar refractivity (Wildman–Crippen MR) is 83.7 cm³/mol. The number of benzene rings is 2. The Hall–Kier alpha value is -2.35. The van der Waals surface area contributed by atoms with Gasteiger partial charge in [0.05, 0.1) is 5.52 Å². The van der Waals surface area contributed by atoms with E-state index in [1.807, 2.05) is 54.8 Å². The molecular weight excluding hydrogens is 246 g/mol. The van der Waals surface area contributed by atoms with Crippen LogP contribution in [0.1, 0.15) is 18.1 Å². The van der Waals surface area contributed by atoms with Crippen LogP contribution in [0.3, 0.4) is 0 Å². The molecule has 3 aromatic rings. The third-order valence-electron chi connectivity index (χ3n) is 3.63. The van der Waals surface area contributed by atoms with E-state index in [4.69, 9.17) is 0 Å². The molecular formula is C18H17NO. The Bertz CT molecular complexity index is 816. The lowest BCUT2D eigenvalue weighted by molar-refractivity contribution is 0.978. The number of para-hydroxylation sites is 1. The minimum absolute atomic E-state index is 0.0804.